The molecule has 3 rings (SSSR count). The van der Waals surface area contributed by atoms with Crippen molar-refractivity contribution in [1.82, 2.24) is 10.6 Å². The fourth-order valence-electron chi connectivity index (χ4n) is 3.23. The maximum Gasteiger partial charge on any atom is 0.191 e. The molecule has 1 unspecified atom stereocenters. The minimum atomic E-state index is 0.651. The van der Waals surface area contributed by atoms with Gasteiger partial charge in [-0.25, -0.2) is 0 Å². The molecule has 2 aromatic carbocycles. The molecule has 0 bridgehead atoms. The molecule has 1 heterocycles. The lowest BCUT2D eigenvalue weighted by molar-refractivity contribution is 0.565. The molecular weight excluding hydrogens is 308 g/mol. The Morgan fingerprint density at radius 2 is 1.84 bits per heavy atom. The van der Waals surface area contributed by atoms with Gasteiger partial charge in [-0.3, -0.25) is 4.99 Å². The summed E-state index contributed by atoms with van der Waals surface area (Å²) in [6.07, 6.45) is 1.22. The first kappa shape index (κ1) is 17.3. The second-order valence-electron chi connectivity index (χ2n) is 6.73. The highest BCUT2D eigenvalue weighted by Gasteiger charge is 2.22. The highest BCUT2D eigenvalue weighted by molar-refractivity contribution is 5.79. The summed E-state index contributed by atoms with van der Waals surface area (Å²) >= 11 is 0. The fourth-order valence-corrected chi connectivity index (χ4v) is 3.23. The molecule has 2 N–H and O–H groups in total. The van der Waals surface area contributed by atoms with Gasteiger partial charge in [-0.05, 0) is 37.0 Å². The van der Waals surface area contributed by atoms with E-state index in [9.17, 15) is 0 Å². The number of anilines is 1. The molecule has 1 saturated heterocycles. The van der Waals surface area contributed by atoms with Crippen molar-refractivity contribution in [1.29, 1.82) is 0 Å². The van der Waals surface area contributed by atoms with Crippen LogP contribution >= 0.6 is 0 Å². The van der Waals surface area contributed by atoms with Gasteiger partial charge in [0.1, 0.15) is 0 Å². The number of rotatable bonds is 5. The molecule has 25 heavy (non-hydrogen) atoms. The molecule has 0 saturated carbocycles. The number of guanidine groups is 1. The van der Waals surface area contributed by atoms with E-state index in [0.717, 1.165) is 32.1 Å². The number of nitrogens with zero attached hydrogens (tertiary/aromatic N) is 2. The van der Waals surface area contributed by atoms with Gasteiger partial charge in [-0.15, -0.1) is 0 Å². The van der Waals surface area contributed by atoms with Gasteiger partial charge < -0.3 is 15.5 Å². The average molecular weight is 336 g/mol. The highest BCUT2D eigenvalue weighted by atomic mass is 15.2. The maximum absolute atomic E-state index is 4.34. The number of aryl methyl sites for hydroxylation is 1. The largest absolute Gasteiger partial charge is 0.371 e. The van der Waals surface area contributed by atoms with Crippen LogP contribution in [0.2, 0.25) is 0 Å². The van der Waals surface area contributed by atoms with Crippen molar-refractivity contribution >= 4 is 11.6 Å². The first-order chi connectivity index (χ1) is 12.2. The van der Waals surface area contributed by atoms with Crippen LogP contribution in [0, 0.1) is 12.8 Å². The SMILES string of the molecule is CN=C(NCc1ccc(C)cc1)NCC1CCN(c2ccccc2)C1. The molecule has 0 aromatic heterocycles. The number of benzene rings is 2. The number of aliphatic imine (C=N–C) groups is 1. The third kappa shape index (κ3) is 4.99. The first-order valence-corrected chi connectivity index (χ1v) is 9.04. The second-order valence-corrected chi connectivity index (χ2v) is 6.73. The fraction of sp³-hybridized carbons (Fsp3) is 0.381. The van der Waals surface area contributed by atoms with E-state index in [1.54, 1.807) is 0 Å². The van der Waals surface area contributed by atoms with Crippen molar-refractivity contribution in [2.75, 3.05) is 31.6 Å². The van der Waals surface area contributed by atoms with Crippen LogP contribution in [0.1, 0.15) is 17.5 Å². The van der Waals surface area contributed by atoms with Gasteiger partial charge in [0.15, 0.2) is 5.96 Å². The summed E-state index contributed by atoms with van der Waals surface area (Å²) in [6, 6.07) is 19.3. The third-order valence-electron chi connectivity index (χ3n) is 4.77. The third-order valence-corrected chi connectivity index (χ3v) is 4.77. The normalized spacial score (nSPS) is 17.6. The number of nitrogens with one attached hydrogen (secondary N) is 2. The van der Waals surface area contributed by atoms with Crippen molar-refractivity contribution < 1.29 is 0 Å². The van der Waals surface area contributed by atoms with Crippen LogP contribution in [0.5, 0.6) is 0 Å². The zero-order valence-electron chi connectivity index (χ0n) is 15.2. The summed E-state index contributed by atoms with van der Waals surface area (Å²) in [4.78, 5) is 6.81. The maximum atomic E-state index is 4.34. The van der Waals surface area contributed by atoms with E-state index in [0.29, 0.717) is 5.92 Å². The Morgan fingerprint density at radius 1 is 1.08 bits per heavy atom. The molecule has 1 atom stereocenters. The molecule has 2 aromatic rings. The zero-order chi connectivity index (χ0) is 17.5. The first-order valence-electron chi connectivity index (χ1n) is 9.04. The lowest BCUT2D eigenvalue weighted by atomic mass is 10.1. The van der Waals surface area contributed by atoms with E-state index in [4.69, 9.17) is 0 Å². The summed E-state index contributed by atoms with van der Waals surface area (Å²) in [5, 5.41) is 6.87. The van der Waals surface area contributed by atoms with Crippen LogP contribution in [0.3, 0.4) is 0 Å². The van der Waals surface area contributed by atoms with Crippen molar-refractivity contribution in [3.8, 4) is 0 Å². The number of hydrogen-bond acceptors (Lipinski definition) is 2. The predicted octanol–water partition coefficient (Wildman–Crippen LogP) is 3.19. The van der Waals surface area contributed by atoms with E-state index >= 15 is 0 Å². The van der Waals surface area contributed by atoms with Gasteiger partial charge in [0.2, 0.25) is 0 Å². The smallest absolute Gasteiger partial charge is 0.191 e. The highest BCUT2D eigenvalue weighted by Crippen LogP contribution is 2.22. The molecule has 1 fully saturated rings. The quantitative estimate of drug-likeness (QED) is 0.651. The average Bonchev–Trinajstić information content (AvgIpc) is 3.13. The Hall–Kier alpha value is -2.49. The molecule has 0 amide bonds. The standard InChI is InChI=1S/C21H28N4/c1-17-8-10-18(11-9-17)14-23-21(22-2)24-15-19-12-13-25(16-19)20-6-4-3-5-7-20/h3-11,19H,12-16H2,1-2H3,(H2,22,23,24). The van der Waals surface area contributed by atoms with Gasteiger partial charge in [0, 0.05) is 38.9 Å². The summed E-state index contributed by atoms with van der Waals surface area (Å²) in [5.41, 5.74) is 3.88. The Kier molecular flexibility index (Phi) is 5.94. The Morgan fingerprint density at radius 3 is 2.56 bits per heavy atom. The topological polar surface area (TPSA) is 39.7 Å². The van der Waals surface area contributed by atoms with Crippen molar-refractivity contribution in [2.24, 2.45) is 10.9 Å². The molecule has 4 heteroatoms. The summed E-state index contributed by atoms with van der Waals surface area (Å²) in [6.45, 7) is 6.09. The summed E-state index contributed by atoms with van der Waals surface area (Å²) in [7, 11) is 1.83. The van der Waals surface area contributed by atoms with Crippen LogP contribution in [0.15, 0.2) is 59.6 Å². The number of para-hydroxylation sites is 1. The molecule has 132 valence electrons. The second kappa shape index (κ2) is 8.56. The van der Waals surface area contributed by atoms with Crippen LogP contribution in [-0.4, -0.2) is 32.6 Å². The van der Waals surface area contributed by atoms with Gasteiger partial charge in [0.05, 0.1) is 0 Å². The minimum absolute atomic E-state index is 0.651. The lowest BCUT2D eigenvalue weighted by Gasteiger charge is -2.19. The van der Waals surface area contributed by atoms with Crippen molar-refractivity contribution in [3.63, 3.8) is 0 Å². The van der Waals surface area contributed by atoms with E-state index in [-0.39, 0.29) is 0 Å². The van der Waals surface area contributed by atoms with E-state index in [1.807, 2.05) is 7.05 Å². The molecule has 1 aliphatic heterocycles. The Labute approximate surface area is 151 Å². The summed E-state index contributed by atoms with van der Waals surface area (Å²) in [5.74, 6) is 1.52. The molecular formula is C21H28N4. The van der Waals surface area contributed by atoms with Crippen LogP contribution in [0.25, 0.3) is 0 Å². The number of hydrogen-bond donors (Lipinski definition) is 2. The van der Waals surface area contributed by atoms with E-state index in [1.165, 1.54) is 23.2 Å². The molecule has 1 aliphatic rings. The van der Waals surface area contributed by atoms with Crippen LogP contribution in [-0.2, 0) is 6.54 Å². The van der Waals surface area contributed by atoms with E-state index in [2.05, 4.69) is 82.0 Å². The van der Waals surface area contributed by atoms with Gasteiger partial charge in [0.25, 0.3) is 0 Å². The minimum Gasteiger partial charge on any atom is -0.371 e. The molecule has 0 aliphatic carbocycles. The Balaban J connectivity index is 1.43. The van der Waals surface area contributed by atoms with Gasteiger partial charge in [-0.2, -0.15) is 0 Å². The molecule has 0 spiro atoms. The Bertz CT molecular complexity index is 679. The molecule has 0 radical (unpaired) electrons. The van der Waals surface area contributed by atoms with E-state index < -0.39 is 0 Å². The monoisotopic (exact) mass is 336 g/mol. The lowest BCUT2D eigenvalue weighted by Crippen LogP contribution is -2.39. The van der Waals surface area contributed by atoms with Crippen molar-refractivity contribution in [3.05, 3.63) is 65.7 Å². The zero-order valence-corrected chi connectivity index (χ0v) is 15.2. The van der Waals surface area contributed by atoms with Crippen molar-refractivity contribution in [2.45, 2.75) is 19.9 Å². The van der Waals surface area contributed by atoms with Gasteiger partial charge in [-0.1, -0.05) is 48.0 Å². The summed E-state index contributed by atoms with van der Waals surface area (Å²) < 4.78 is 0. The van der Waals surface area contributed by atoms with Crippen LogP contribution < -0.4 is 15.5 Å². The molecule has 4 nitrogen and oxygen atoms in total. The van der Waals surface area contributed by atoms with Gasteiger partial charge >= 0.3 is 0 Å². The predicted molar refractivity (Wildman–Crippen MR) is 106 cm³/mol. The van der Waals surface area contributed by atoms with Crippen LogP contribution in [0.4, 0.5) is 5.69 Å².